The van der Waals surface area contributed by atoms with Crippen molar-refractivity contribution in [1.29, 1.82) is 0 Å². The van der Waals surface area contributed by atoms with Crippen LogP contribution in [0, 0.1) is 16.7 Å². The summed E-state index contributed by atoms with van der Waals surface area (Å²) in [4.78, 5) is 0. The molecule has 16 heavy (non-hydrogen) atoms. The van der Waals surface area contributed by atoms with E-state index >= 15 is 0 Å². The summed E-state index contributed by atoms with van der Waals surface area (Å²) < 4.78 is 1.07. The summed E-state index contributed by atoms with van der Waals surface area (Å²) in [5.74, 6) is 0.821. The van der Waals surface area contributed by atoms with Crippen molar-refractivity contribution in [2.24, 2.45) is 16.7 Å². The van der Waals surface area contributed by atoms with E-state index in [1.54, 1.807) is 0 Å². The summed E-state index contributed by atoms with van der Waals surface area (Å²) in [7, 11) is 7.06. The summed E-state index contributed by atoms with van der Waals surface area (Å²) in [6.45, 7) is 14.8. The van der Waals surface area contributed by atoms with Crippen molar-refractivity contribution in [1.82, 2.24) is 0 Å². The van der Waals surface area contributed by atoms with Crippen LogP contribution in [0.4, 0.5) is 0 Å². The second-order valence-corrected chi connectivity index (χ2v) is 8.07. The minimum absolute atomic E-state index is 0.357. The second-order valence-electron chi connectivity index (χ2n) is 8.07. The minimum Gasteiger partial charge on any atom is -0.326 e. The number of nitrogens with zero attached hydrogens (tertiary/aromatic N) is 1. The van der Waals surface area contributed by atoms with E-state index in [1.807, 2.05) is 0 Å². The molecule has 0 aromatic carbocycles. The van der Waals surface area contributed by atoms with Gasteiger partial charge in [-0.05, 0) is 24.7 Å². The molecule has 0 N–H and O–H groups in total. The summed E-state index contributed by atoms with van der Waals surface area (Å²) >= 11 is 0. The van der Waals surface area contributed by atoms with E-state index < -0.39 is 0 Å². The van der Waals surface area contributed by atoms with Gasteiger partial charge in [0.15, 0.2) is 0 Å². The van der Waals surface area contributed by atoms with Gasteiger partial charge in [0.05, 0.1) is 21.1 Å². The Morgan fingerprint density at radius 2 is 1.38 bits per heavy atom. The molecule has 0 bridgehead atoms. The van der Waals surface area contributed by atoms with Gasteiger partial charge in [-0.1, -0.05) is 34.6 Å². The standard InChI is InChI=1S/C15H32N/c1-12-10-11-15(6,16(7,8)9)14(4,5)13(12,2)3/h12H,10-11H2,1-9H3/q+1. The SMILES string of the molecule is CC1CCC(C)([N+](C)(C)C)C(C)(C)C1(C)C. The quantitative estimate of drug-likeness (QED) is 0.594. The third-order valence-electron chi connectivity index (χ3n) is 6.73. The van der Waals surface area contributed by atoms with Crippen molar-refractivity contribution in [3.63, 3.8) is 0 Å². The number of rotatable bonds is 1. The van der Waals surface area contributed by atoms with E-state index in [9.17, 15) is 0 Å². The van der Waals surface area contributed by atoms with Gasteiger partial charge >= 0.3 is 0 Å². The summed E-state index contributed by atoms with van der Waals surface area (Å²) in [5, 5.41) is 0. The molecule has 1 aliphatic carbocycles. The third-order valence-corrected chi connectivity index (χ3v) is 6.73. The predicted octanol–water partition coefficient (Wildman–Crippen LogP) is 3.93. The lowest BCUT2D eigenvalue weighted by Crippen LogP contribution is -2.69. The van der Waals surface area contributed by atoms with Crippen LogP contribution in [-0.4, -0.2) is 31.2 Å². The van der Waals surface area contributed by atoms with Gasteiger partial charge < -0.3 is 4.48 Å². The van der Waals surface area contributed by atoms with Gasteiger partial charge in [0.2, 0.25) is 0 Å². The van der Waals surface area contributed by atoms with Crippen LogP contribution in [0.1, 0.15) is 54.4 Å². The monoisotopic (exact) mass is 226 g/mol. The Hall–Kier alpha value is -0.0400. The van der Waals surface area contributed by atoms with E-state index in [1.165, 1.54) is 12.8 Å². The predicted molar refractivity (Wildman–Crippen MR) is 72.4 cm³/mol. The molecule has 0 amide bonds. The highest BCUT2D eigenvalue weighted by Crippen LogP contribution is 2.60. The molecule has 1 rings (SSSR count). The summed E-state index contributed by atoms with van der Waals surface area (Å²) in [6.07, 6.45) is 2.70. The molecule has 2 unspecified atom stereocenters. The first-order valence-corrected chi connectivity index (χ1v) is 6.69. The van der Waals surface area contributed by atoms with Crippen LogP contribution < -0.4 is 0 Å². The molecule has 2 atom stereocenters. The number of quaternary nitrogens is 1. The fourth-order valence-electron chi connectivity index (χ4n) is 3.65. The molecule has 0 aromatic rings. The van der Waals surface area contributed by atoms with E-state index in [0.717, 1.165) is 10.4 Å². The Balaban J connectivity index is 3.27. The van der Waals surface area contributed by atoms with Gasteiger partial charge in [-0.15, -0.1) is 0 Å². The lowest BCUT2D eigenvalue weighted by atomic mass is 9.47. The molecule has 1 saturated carbocycles. The summed E-state index contributed by atoms with van der Waals surface area (Å²) in [6, 6.07) is 0. The zero-order valence-electron chi connectivity index (χ0n) is 12.9. The fourth-order valence-corrected chi connectivity index (χ4v) is 3.65. The molecule has 96 valence electrons. The van der Waals surface area contributed by atoms with Crippen LogP contribution in [0.5, 0.6) is 0 Å². The Kier molecular flexibility index (Phi) is 3.05. The average Bonchev–Trinajstić information content (AvgIpc) is 2.08. The Morgan fingerprint density at radius 1 is 0.938 bits per heavy atom. The normalized spacial score (nSPS) is 38.4. The highest BCUT2D eigenvalue weighted by Gasteiger charge is 2.61. The molecule has 0 aromatic heterocycles. The second kappa shape index (κ2) is 3.48. The van der Waals surface area contributed by atoms with Crippen molar-refractivity contribution in [2.45, 2.75) is 59.9 Å². The molecule has 0 heterocycles. The molecular weight excluding hydrogens is 194 g/mol. The Labute approximate surface area is 103 Å². The average molecular weight is 226 g/mol. The van der Waals surface area contributed by atoms with E-state index in [2.05, 4.69) is 62.7 Å². The zero-order valence-corrected chi connectivity index (χ0v) is 12.9. The Morgan fingerprint density at radius 3 is 1.75 bits per heavy atom. The lowest BCUT2D eigenvalue weighted by Gasteiger charge is -2.63. The third kappa shape index (κ3) is 1.54. The highest BCUT2D eigenvalue weighted by molar-refractivity contribution is 5.05. The molecule has 0 saturated heterocycles. The minimum atomic E-state index is 0.357. The fraction of sp³-hybridized carbons (Fsp3) is 1.00. The van der Waals surface area contributed by atoms with E-state index in [-0.39, 0.29) is 0 Å². The largest absolute Gasteiger partial charge is 0.326 e. The van der Waals surface area contributed by atoms with Gasteiger partial charge in [0.1, 0.15) is 5.54 Å². The van der Waals surface area contributed by atoms with Crippen molar-refractivity contribution in [3.05, 3.63) is 0 Å². The van der Waals surface area contributed by atoms with Crippen LogP contribution in [0.3, 0.4) is 0 Å². The topological polar surface area (TPSA) is 0 Å². The molecule has 1 aliphatic rings. The van der Waals surface area contributed by atoms with Crippen LogP contribution in [0.15, 0.2) is 0 Å². The first kappa shape index (κ1) is 14.0. The summed E-state index contributed by atoms with van der Waals surface area (Å²) in [5.41, 5.74) is 1.13. The zero-order chi connectivity index (χ0) is 13.0. The maximum atomic E-state index is 2.49. The van der Waals surface area contributed by atoms with Gasteiger partial charge in [0.25, 0.3) is 0 Å². The van der Waals surface area contributed by atoms with Crippen molar-refractivity contribution in [3.8, 4) is 0 Å². The van der Waals surface area contributed by atoms with Gasteiger partial charge in [-0.25, -0.2) is 0 Å². The van der Waals surface area contributed by atoms with Crippen LogP contribution >= 0.6 is 0 Å². The molecule has 1 heteroatoms. The van der Waals surface area contributed by atoms with Gasteiger partial charge in [-0.2, -0.15) is 0 Å². The van der Waals surface area contributed by atoms with E-state index in [0.29, 0.717) is 16.4 Å². The van der Waals surface area contributed by atoms with Crippen molar-refractivity contribution in [2.75, 3.05) is 21.1 Å². The molecular formula is C15H32N+. The van der Waals surface area contributed by atoms with Gasteiger partial charge in [-0.3, -0.25) is 0 Å². The van der Waals surface area contributed by atoms with Crippen LogP contribution in [0.25, 0.3) is 0 Å². The number of hydrogen-bond donors (Lipinski definition) is 0. The maximum Gasteiger partial charge on any atom is 0.101 e. The molecule has 1 nitrogen and oxygen atoms in total. The first-order valence-electron chi connectivity index (χ1n) is 6.69. The number of hydrogen-bond acceptors (Lipinski definition) is 0. The molecule has 1 fully saturated rings. The molecule has 0 aliphatic heterocycles. The smallest absolute Gasteiger partial charge is 0.101 e. The van der Waals surface area contributed by atoms with Crippen molar-refractivity contribution >= 4 is 0 Å². The molecule has 0 spiro atoms. The lowest BCUT2D eigenvalue weighted by molar-refractivity contribution is -0.934. The van der Waals surface area contributed by atoms with E-state index in [4.69, 9.17) is 0 Å². The van der Waals surface area contributed by atoms with Gasteiger partial charge in [0, 0.05) is 11.8 Å². The molecule has 0 radical (unpaired) electrons. The van der Waals surface area contributed by atoms with Crippen LogP contribution in [-0.2, 0) is 0 Å². The maximum absolute atomic E-state index is 2.49. The Bertz CT molecular complexity index is 270. The van der Waals surface area contributed by atoms with Crippen molar-refractivity contribution < 1.29 is 4.48 Å². The highest BCUT2D eigenvalue weighted by atomic mass is 15.4. The van der Waals surface area contributed by atoms with Crippen LogP contribution in [0.2, 0.25) is 0 Å². The first-order chi connectivity index (χ1) is 6.88.